The summed E-state index contributed by atoms with van der Waals surface area (Å²) in [5.41, 5.74) is 1.77. The minimum absolute atomic E-state index is 0. The van der Waals surface area contributed by atoms with Crippen molar-refractivity contribution < 1.29 is 45.0 Å². The van der Waals surface area contributed by atoms with Gasteiger partial charge in [-0.15, -0.1) is 11.3 Å². The van der Waals surface area contributed by atoms with E-state index in [1.165, 1.54) is 16.9 Å². The van der Waals surface area contributed by atoms with Crippen molar-refractivity contribution in [1.29, 1.82) is 0 Å². The number of benzene rings is 1. The zero-order valence-electron chi connectivity index (χ0n) is 19.1. The standard InChI is InChI=1S/C25H28F2N2O3S.BrH/c1-18-28(11-12-29(18)16-19-6-3-2-4-7-19)10-5-13-32-23(30)14-22-24(31)21(17-33-22)20-8-9-25(26,27)15-20;/h2-4,6-7,11-12,17,20H,5,8-10,13-16H2,1H3;1H. The van der Waals surface area contributed by atoms with Crippen molar-refractivity contribution in [3.63, 3.8) is 0 Å². The predicted octanol–water partition coefficient (Wildman–Crippen LogP) is 1.98. The first-order chi connectivity index (χ1) is 15.8. The molecule has 0 bridgehead atoms. The fourth-order valence-corrected chi connectivity index (χ4v) is 5.37. The van der Waals surface area contributed by atoms with Crippen LogP contribution in [0.1, 0.15) is 53.4 Å². The van der Waals surface area contributed by atoms with Gasteiger partial charge in [-0.2, -0.15) is 0 Å². The Bertz CT molecular complexity index is 1100. The number of halogens is 3. The van der Waals surface area contributed by atoms with E-state index in [-0.39, 0.29) is 54.5 Å². The number of esters is 1. The van der Waals surface area contributed by atoms with Crippen molar-refractivity contribution in [2.24, 2.45) is 0 Å². The summed E-state index contributed by atoms with van der Waals surface area (Å²) in [6.45, 7) is 3.87. The number of imidazole rings is 1. The molecule has 1 aliphatic carbocycles. The Morgan fingerprint density at radius 2 is 2.09 bits per heavy atom. The molecule has 0 radical (unpaired) electrons. The number of thiophene rings is 1. The van der Waals surface area contributed by atoms with Gasteiger partial charge in [-0.25, -0.2) is 17.9 Å². The maximum atomic E-state index is 13.5. The lowest BCUT2D eigenvalue weighted by molar-refractivity contribution is -0.694. The lowest BCUT2D eigenvalue weighted by atomic mass is 9.99. The van der Waals surface area contributed by atoms with Gasteiger partial charge in [-0.1, -0.05) is 30.3 Å². The van der Waals surface area contributed by atoms with Crippen LogP contribution in [0.15, 0.2) is 48.1 Å². The molecular formula is C25H29BrF2N2O3S. The largest absolute Gasteiger partial charge is 1.00 e. The zero-order valence-corrected chi connectivity index (χ0v) is 21.5. The Morgan fingerprint density at radius 1 is 1.32 bits per heavy atom. The molecule has 1 aliphatic rings. The van der Waals surface area contributed by atoms with Gasteiger partial charge in [0.05, 0.1) is 24.4 Å². The quantitative estimate of drug-likeness (QED) is 0.250. The van der Waals surface area contributed by atoms with Crippen LogP contribution in [0, 0.1) is 6.92 Å². The van der Waals surface area contributed by atoms with E-state index < -0.39 is 11.9 Å². The Hall–Kier alpha value is -2.26. The number of aromatic nitrogens is 2. The van der Waals surface area contributed by atoms with Crippen LogP contribution < -0.4 is 21.5 Å². The highest BCUT2D eigenvalue weighted by Crippen LogP contribution is 2.48. The van der Waals surface area contributed by atoms with E-state index >= 15 is 0 Å². The van der Waals surface area contributed by atoms with Crippen LogP contribution in [0.3, 0.4) is 0 Å². The summed E-state index contributed by atoms with van der Waals surface area (Å²) in [5.74, 6) is -2.34. The molecule has 1 saturated carbocycles. The number of aromatic hydroxyl groups is 1. The van der Waals surface area contributed by atoms with Crippen LogP contribution in [0.2, 0.25) is 0 Å². The number of rotatable bonds is 9. The molecule has 0 amide bonds. The van der Waals surface area contributed by atoms with Crippen molar-refractivity contribution in [3.05, 3.63) is 69.9 Å². The van der Waals surface area contributed by atoms with Gasteiger partial charge in [0.15, 0.2) is 0 Å². The third kappa shape index (κ3) is 6.44. The number of hydrogen-bond donors (Lipinski definition) is 1. The molecule has 34 heavy (non-hydrogen) atoms. The summed E-state index contributed by atoms with van der Waals surface area (Å²) in [4.78, 5) is 12.7. The highest BCUT2D eigenvalue weighted by molar-refractivity contribution is 7.10. The van der Waals surface area contributed by atoms with Crippen molar-refractivity contribution in [3.8, 4) is 5.75 Å². The molecule has 1 atom stereocenters. The second-order valence-corrected chi connectivity index (χ2v) is 9.63. The van der Waals surface area contributed by atoms with Crippen LogP contribution in [-0.4, -0.2) is 28.2 Å². The minimum atomic E-state index is -2.67. The summed E-state index contributed by atoms with van der Waals surface area (Å²) >= 11 is 1.23. The highest BCUT2D eigenvalue weighted by atomic mass is 79.9. The first kappa shape index (κ1) is 26.3. The maximum absolute atomic E-state index is 13.5. The number of nitrogens with zero attached hydrogens (tertiary/aromatic N) is 2. The number of carbonyl (C=O) groups excluding carboxylic acids is 1. The Balaban J connectivity index is 0.00000324. The third-order valence-corrected chi connectivity index (χ3v) is 7.27. The molecule has 1 N–H and O–H groups in total. The van der Waals surface area contributed by atoms with Gasteiger partial charge >= 0.3 is 5.97 Å². The van der Waals surface area contributed by atoms with Crippen LogP contribution >= 0.6 is 11.3 Å². The van der Waals surface area contributed by atoms with E-state index in [1.54, 1.807) is 5.38 Å². The van der Waals surface area contributed by atoms with Gasteiger partial charge in [0, 0.05) is 31.7 Å². The van der Waals surface area contributed by atoms with Gasteiger partial charge < -0.3 is 26.8 Å². The van der Waals surface area contributed by atoms with E-state index in [0.717, 1.165) is 18.9 Å². The molecule has 1 unspecified atom stereocenters. The number of alkyl halides is 2. The number of ether oxygens (including phenoxy) is 1. The molecular weight excluding hydrogens is 526 g/mol. The fraction of sp³-hybridized carbons (Fsp3) is 0.440. The predicted molar refractivity (Wildman–Crippen MR) is 122 cm³/mol. The normalized spacial score (nSPS) is 16.9. The van der Waals surface area contributed by atoms with Crippen molar-refractivity contribution >= 4 is 17.3 Å². The van der Waals surface area contributed by atoms with E-state index in [9.17, 15) is 18.7 Å². The van der Waals surface area contributed by atoms with Gasteiger partial charge in [0.1, 0.15) is 24.7 Å². The smallest absolute Gasteiger partial charge is 0.311 e. The molecule has 5 nitrogen and oxygen atoms in total. The Labute approximate surface area is 212 Å². The molecule has 184 valence electrons. The summed E-state index contributed by atoms with van der Waals surface area (Å²) in [7, 11) is 0. The number of aryl methyl sites for hydroxylation is 1. The first-order valence-electron chi connectivity index (χ1n) is 11.2. The monoisotopic (exact) mass is 554 g/mol. The minimum Gasteiger partial charge on any atom is -1.00 e. The van der Waals surface area contributed by atoms with Gasteiger partial charge in [0.2, 0.25) is 5.92 Å². The average molecular weight is 555 g/mol. The van der Waals surface area contributed by atoms with Crippen molar-refractivity contribution in [2.75, 3.05) is 6.61 Å². The molecule has 1 aromatic carbocycles. The highest BCUT2D eigenvalue weighted by Gasteiger charge is 2.41. The Morgan fingerprint density at radius 3 is 2.79 bits per heavy atom. The molecule has 2 aromatic heterocycles. The molecule has 4 rings (SSSR count). The summed E-state index contributed by atoms with van der Waals surface area (Å²) < 4.78 is 36.6. The van der Waals surface area contributed by atoms with Crippen LogP contribution in [0.5, 0.6) is 5.75 Å². The summed E-state index contributed by atoms with van der Waals surface area (Å²) in [6, 6.07) is 10.3. The molecule has 3 aromatic rings. The number of hydrogen-bond acceptors (Lipinski definition) is 4. The first-order valence-corrected chi connectivity index (χ1v) is 12.1. The molecule has 9 heteroatoms. The van der Waals surface area contributed by atoms with Crippen LogP contribution in [0.4, 0.5) is 8.78 Å². The number of carbonyl (C=O) groups is 1. The lowest BCUT2D eigenvalue weighted by Gasteiger charge is -2.10. The van der Waals surface area contributed by atoms with Crippen molar-refractivity contribution in [2.45, 2.75) is 64.0 Å². The molecule has 0 saturated heterocycles. The van der Waals surface area contributed by atoms with E-state index in [1.807, 2.05) is 30.6 Å². The lowest BCUT2D eigenvalue weighted by Crippen LogP contribution is -3.00. The van der Waals surface area contributed by atoms with Crippen LogP contribution in [0.25, 0.3) is 0 Å². The van der Waals surface area contributed by atoms with Gasteiger partial charge in [-0.3, -0.25) is 4.79 Å². The molecule has 0 spiro atoms. The summed E-state index contributed by atoms with van der Waals surface area (Å²) in [6.07, 6.45) is 4.66. The van der Waals surface area contributed by atoms with Crippen LogP contribution in [-0.2, 0) is 29.0 Å². The van der Waals surface area contributed by atoms with E-state index in [0.29, 0.717) is 23.3 Å². The molecule has 0 aliphatic heterocycles. The van der Waals surface area contributed by atoms with E-state index in [4.69, 9.17) is 4.74 Å². The second-order valence-electron chi connectivity index (χ2n) is 8.66. The van der Waals surface area contributed by atoms with Gasteiger partial charge in [0.25, 0.3) is 5.82 Å². The third-order valence-electron chi connectivity index (χ3n) is 6.27. The van der Waals surface area contributed by atoms with E-state index in [2.05, 4.69) is 28.2 Å². The van der Waals surface area contributed by atoms with Crippen molar-refractivity contribution in [1.82, 2.24) is 4.57 Å². The van der Waals surface area contributed by atoms with Gasteiger partial charge in [-0.05, 0) is 23.3 Å². The summed E-state index contributed by atoms with van der Waals surface area (Å²) in [5, 5.41) is 12.1. The Kier molecular flexibility index (Phi) is 8.87. The second kappa shape index (κ2) is 11.4. The SMILES string of the molecule is Cc1n(CCCOC(=O)Cc2scc(C3CCC(F)(F)C3)c2O)cc[n+]1Cc1ccccc1.[Br-]. The topological polar surface area (TPSA) is 55.3 Å². The molecule has 1 fully saturated rings. The zero-order chi connectivity index (χ0) is 23.4. The average Bonchev–Trinajstić information content (AvgIpc) is 3.44. The fourth-order valence-electron chi connectivity index (χ4n) is 4.37. The maximum Gasteiger partial charge on any atom is 0.311 e. The molecule has 2 heterocycles.